The summed E-state index contributed by atoms with van der Waals surface area (Å²) in [4.78, 5) is 33.9. The fourth-order valence-corrected chi connectivity index (χ4v) is 7.26. The maximum absolute atomic E-state index is 12.2. The van der Waals surface area contributed by atoms with Gasteiger partial charge < -0.3 is 10.2 Å². The van der Waals surface area contributed by atoms with Crippen LogP contribution in [-0.2, 0) is 22.6 Å². The first-order valence-corrected chi connectivity index (χ1v) is 13.5. The van der Waals surface area contributed by atoms with Gasteiger partial charge in [-0.15, -0.1) is 11.3 Å². The highest BCUT2D eigenvalue weighted by Crippen LogP contribution is 2.45. The van der Waals surface area contributed by atoms with Gasteiger partial charge in [0.1, 0.15) is 0 Å². The number of aryl methyl sites for hydroxylation is 1. The number of imide groups is 1. The van der Waals surface area contributed by atoms with Gasteiger partial charge in [-0.1, -0.05) is 11.6 Å². The van der Waals surface area contributed by atoms with Crippen LogP contribution in [0.15, 0.2) is 30.5 Å². The van der Waals surface area contributed by atoms with E-state index in [1.807, 2.05) is 12.3 Å². The molecule has 2 saturated heterocycles. The molecular formula is C27H29ClN4O2S. The minimum absolute atomic E-state index is 0.0895. The number of hydrogen-bond acceptors (Lipinski definition) is 6. The maximum Gasteiger partial charge on any atom is 0.230 e. The molecule has 3 aliphatic heterocycles. The van der Waals surface area contributed by atoms with Gasteiger partial charge >= 0.3 is 0 Å². The van der Waals surface area contributed by atoms with Crippen molar-refractivity contribution < 1.29 is 9.59 Å². The first-order chi connectivity index (χ1) is 16.8. The largest absolute Gasteiger partial charge is 0.366 e. The van der Waals surface area contributed by atoms with Crippen molar-refractivity contribution in [1.82, 2.24) is 15.2 Å². The number of carbonyl (C=O) groups is 2. The molecule has 3 aromatic rings. The van der Waals surface area contributed by atoms with E-state index in [0.717, 1.165) is 63.6 Å². The highest BCUT2D eigenvalue weighted by atomic mass is 35.5. The van der Waals surface area contributed by atoms with Crippen molar-refractivity contribution in [2.45, 2.75) is 64.1 Å². The molecule has 1 N–H and O–H groups in total. The second-order valence-corrected chi connectivity index (χ2v) is 12.1. The van der Waals surface area contributed by atoms with E-state index >= 15 is 0 Å². The summed E-state index contributed by atoms with van der Waals surface area (Å²) in [6.07, 6.45) is 5.71. The number of nitrogens with one attached hydrogen (secondary N) is 1. The number of hydrogen-bond donors (Lipinski definition) is 1. The minimum Gasteiger partial charge on any atom is -0.366 e. The Morgan fingerprint density at radius 3 is 2.69 bits per heavy atom. The molecule has 0 aliphatic carbocycles. The Labute approximate surface area is 214 Å². The van der Waals surface area contributed by atoms with Crippen LogP contribution in [0.25, 0.3) is 21.3 Å². The smallest absolute Gasteiger partial charge is 0.230 e. The van der Waals surface area contributed by atoms with Gasteiger partial charge in [-0.2, -0.15) is 0 Å². The highest BCUT2D eigenvalue weighted by Gasteiger charge is 2.37. The number of amides is 2. The lowest BCUT2D eigenvalue weighted by atomic mass is 9.91. The molecule has 35 heavy (non-hydrogen) atoms. The third-order valence-electron chi connectivity index (χ3n) is 7.51. The molecule has 1 atom stereocenters. The minimum atomic E-state index is -0.0895. The fraction of sp³-hybridized carbons (Fsp3) is 0.444. The molecule has 6 nitrogen and oxygen atoms in total. The van der Waals surface area contributed by atoms with Crippen LogP contribution in [0.1, 0.15) is 50.0 Å². The second-order valence-electron chi connectivity index (χ2n) is 10.5. The number of nitrogens with zero attached hydrogens (tertiary/aromatic N) is 3. The van der Waals surface area contributed by atoms with Crippen LogP contribution in [0, 0.1) is 0 Å². The number of likely N-dealkylation sites (tertiary alicyclic amines) is 1. The van der Waals surface area contributed by atoms with Crippen LogP contribution in [0.5, 0.6) is 0 Å². The number of benzene rings is 1. The first-order valence-electron chi connectivity index (χ1n) is 12.3. The molecule has 6 rings (SSSR count). The summed E-state index contributed by atoms with van der Waals surface area (Å²) in [5.41, 5.74) is 5.87. The van der Waals surface area contributed by atoms with Crippen molar-refractivity contribution in [3.63, 3.8) is 0 Å². The molecule has 0 spiro atoms. The molecule has 1 aromatic carbocycles. The predicted octanol–water partition coefficient (Wildman–Crippen LogP) is 5.16. The molecule has 182 valence electrons. The van der Waals surface area contributed by atoms with Gasteiger partial charge in [-0.25, -0.2) is 0 Å². The van der Waals surface area contributed by atoms with E-state index in [9.17, 15) is 9.59 Å². The number of rotatable bonds is 4. The lowest BCUT2D eigenvalue weighted by Gasteiger charge is -2.38. The Balaban J connectivity index is 1.44. The molecule has 0 radical (unpaired) electrons. The topological polar surface area (TPSA) is 65.5 Å². The van der Waals surface area contributed by atoms with Crippen LogP contribution < -0.4 is 10.2 Å². The zero-order chi connectivity index (χ0) is 24.3. The summed E-state index contributed by atoms with van der Waals surface area (Å²) >= 11 is 8.28. The number of aromatic nitrogens is 1. The lowest BCUT2D eigenvalue weighted by molar-refractivity contribution is -0.138. The van der Waals surface area contributed by atoms with Gasteiger partial charge in [0.15, 0.2) is 0 Å². The zero-order valence-corrected chi connectivity index (χ0v) is 21.6. The quantitative estimate of drug-likeness (QED) is 0.493. The molecule has 0 bridgehead atoms. The van der Waals surface area contributed by atoms with Crippen LogP contribution in [0.4, 0.5) is 5.69 Å². The number of anilines is 1. The van der Waals surface area contributed by atoms with E-state index in [0.29, 0.717) is 25.4 Å². The van der Waals surface area contributed by atoms with Crippen LogP contribution in [0.2, 0.25) is 5.02 Å². The maximum atomic E-state index is 12.2. The Bertz CT molecular complexity index is 1330. The van der Waals surface area contributed by atoms with E-state index in [1.54, 1.807) is 11.3 Å². The second kappa shape index (κ2) is 8.57. The molecule has 2 aromatic heterocycles. The number of pyridine rings is 1. The molecule has 0 unspecified atom stereocenters. The molecular weight excluding hydrogens is 480 g/mol. The summed E-state index contributed by atoms with van der Waals surface area (Å²) in [6.45, 7) is 6.88. The Kier molecular flexibility index (Phi) is 5.62. The zero-order valence-electron chi connectivity index (χ0n) is 20.1. The molecule has 3 aliphatic rings. The first kappa shape index (κ1) is 23.0. The Morgan fingerprint density at radius 1 is 1.14 bits per heavy atom. The normalized spacial score (nSPS) is 21.9. The van der Waals surface area contributed by atoms with Crippen molar-refractivity contribution in [3.8, 4) is 11.1 Å². The van der Waals surface area contributed by atoms with Crippen LogP contribution >= 0.6 is 22.9 Å². The molecule has 8 heteroatoms. The number of thiophene rings is 1. The summed E-state index contributed by atoms with van der Waals surface area (Å²) in [5, 5.41) is 4.43. The molecule has 2 amide bonds. The summed E-state index contributed by atoms with van der Waals surface area (Å²) in [5.74, 6) is -0.179. The monoisotopic (exact) mass is 508 g/mol. The van der Waals surface area contributed by atoms with E-state index in [2.05, 4.69) is 47.2 Å². The van der Waals surface area contributed by atoms with Crippen LogP contribution in [-0.4, -0.2) is 46.4 Å². The summed E-state index contributed by atoms with van der Waals surface area (Å²) < 4.78 is 1.07. The number of carbonyl (C=O) groups excluding carboxylic acids is 2. The third kappa shape index (κ3) is 4.13. The van der Waals surface area contributed by atoms with Crippen molar-refractivity contribution in [2.24, 2.45) is 0 Å². The van der Waals surface area contributed by atoms with E-state index < -0.39 is 0 Å². The predicted molar refractivity (Wildman–Crippen MR) is 141 cm³/mol. The standard InChI is InChI=1S/C27H29ClN4O2S/c1-27(2)13-18(14-30-27)31-9-3-4-16-10-17(28)11-21(25(16)31)20-7-8-29-22-12-19(35-26(20)22)15-32-23(33)5-6-24(32)34/h7-8,10-12,18,30H,3-6,9,13-15H2,1-2H3/t18-/m0/s1. The molecule has 2 fully saturated rings. The van der Waals surface area contributed by atoms with E-state index in [4.69, 9.17) is 11.6 Å². The number of halogens is 1. The molecule has 0 saturated carbocycles. The van der Waals surface area contributed by atoms with E-state index in [-0.39, 0.29) is 17.4 Å². The van der Waals surface area contributed by atoms with Crippen molar-refractivity contribution in [1.29, 1.82) is 0 Å². The summed E-state index contributed by atoms with van der Waals surface area (Å²) in [7, 11) is 0. The van der Waals surface area contributed by atoms with Crippen molar-refractivity contribution >= 4 is 50.7 Å². The van der Waals surface area contributed by atoms with Gasteiger partial charge in [0.25, 0.3) is 0 Å². The van der Waals surface area contributed by atoms with Gasteiger partial charge in [0.05, 0.1) is 16.8 Å². The van der Waals surface area contributed by atoms with Crippen LogP contribution in [0.3, 0.4) is 0 Å². The SMILES string of the molecule is CC1(C)C[C@H](N2CCCc3cc(Cl)cc(-c4ccnc5cc(CN6C(=O)CCC6=O)sc45)c32)CN1. The Hall–Kier alpha value is -2.48. The van der Waals surface area contributed by atoms with Crippen molar-refractivity contribution in [3.05, 3.63) is 45.9 Å². The van der Waals surface area contributed by atoms with Crippen molar-refractivity contribution in [2.75, 3.05) is 18.0 Å². The van der Waals surface area contributed by atoms with E-state index in [1.165, 1.54) is 16.2 Å². The van der Waals surface area contributed by atoms with Gasteiger partial charge in [0.2, 0.25) is 11.8 Å². The molecule has 5 heterocycles. The van der Waals surface area contributed by atoms with Gasteiger partial charge in [0, 0.05) is 70.4 Å². The third-order valence-corrected chi connectivity index (χ3v) is 8.87. The fourth-order valence-electron chi connectivity index (χ4n) is 5.89. The van der Waals surface area contributed by atoms with Gasteiger partial charge in [-0.05, 0) is 62.9 Å². The highest BCUT2D eigenvalue weighted by molar-refractivity contribution is 7.19. The number of fused-ring (bicyclic) bond motifs is 2. The Morgan fingerprint density at radius 2 is 1.94 bits per heavy atom. The summed E-state index contributed by atoms with van der Waals surface area (Å²) in [6, 6.07) is 8.74. The average molecular weight is 509 g/mol. The lowest BCUT2D eigenvalue weighted by Crippen LogP contribution is -2.40. The average Bonchev–Trinajstić information content (AvgIpc) is 3.50. The van der Waals surface area contributed by atoms with Gasteiger partial charge in [-0.3, -0.25) is 19.5 Å².